The number of aliphatic hydroxyl groups excluding tert-OH is 1. The van der Waals surface area contributed by atoms with E-state index in [0.29, 0.717) is 5.70 Å². The monoisotopic (exact) mass is 184 g/mol. The summed E-state index contributed by atoms with van der Waals surface area (Å²) in [5.74, 6) is 0. The summed E-state index contributed by atoms with van der Waals surface area (Å²) in [6.45, 7) is -0.210. The van der Waals surface area contributed by atoms with E-state index in [0.717, 1.165) is 0 Å². The van der Waals surface area contributed by atoms with E-state index in [1.54, 1.807) is 12.2 Å². The molecule has 1 atom stereocenters. The van der Waals surface area contributed by atoms with Crippen molar-refractivity contribution in [3.05, 3.63) is 34.0 Å². The van der Waals surface area contributed by atoms with Crippen LogP contribution in [-0.4, -0.2) is 22.2 Å². The fraction of sp³-hybridized carbons (Fsp3) is 0.500. The minimum Gasteiger partial charge on any atom is -0.402 e. The van der Waals surface area contributed by atoms with Crippen LogP contribution < -0.4 is 5.73 Å². The molecule has 0 bridgehead atoms. The van der Waals surface area contributed by atoms with Crippen molar-refractivity contribution in [2.45, 2.75) is 18.4 Å². The van der Waals surface area contributed by atoms with Crippen molar-refractivity contribution < 1.29 is 10.0 Å². The van der Waals surface area contributed by atoms with Gasteiger partial charge in [-0.2, -0.15) is 0 Å². The maximum absolute atomic E-state index is 10.8. The topological polar surface area (TPSA) is 89.4 Å². The molecule has 13 heavy (non-hydrogen) atoms. The minimum absolute atomic E-state index is 0.102. The molecule has 0 spiro atoms. The van der Waals surface area contributed by atoms with Gasteiger partial charge in [-0.15, -0.1) is 0 Å². The lowest BCUT2D eigenvalue weighted by molar-refractivity contribution is -0.556. The number of nitro groups is 1. The van der Waals surface area contributed by atoms with Gasteiger partial charge in [-0.05, 0) is 12.2 Å². The summed E-state index contributed by atoms with van der Waals surface area (Å²) >= 11 is 0. The van der Waals surface area contributed by atoms with Crippen LogP contribution in [-0.2, 0) is 0 Å². The first-order valence-corrected chi connectivity index (χ1v) is 4.00. The molecule has 5 nitrogen and oxygen atoms in total. The Morgan fingerprint density at radius 1 is 1.77 bits per heavy atom. The number of nitrogens with zero attached hydrogens (tertiary/aromatic N) is 1. The van der Waals surface area contributed by atoms with Crippen LogP contribution in [0.4, 0.5) is 0 Å². The normalized spacial score (nSPS) is 27.0. The lowest BCUT2D eigenvalue weighted by Crippen LogP contribution is -2.39. The molecule has 0 radical (unpaired) electrons. The highest BCUT2D eigenvalue weighted by molar-refractivity contribution is 5.23. The second-order valence-electron chi connectivity index (χ2n) is 3.11. The molecule has 72 valence electrons. The van der Waals surface area contributed by atoms with Gasteiger partial charge < -0.3 is 10.8 Å². The number of hydrogen-bond donors (Lipinski definition) is 2. The van der Waals surface area contributed by atoms with E-state index < -0.39 is 5.54 Å². The fourth-order valence-corrected chi connectivity index (χ4v) is 1.40. The summed E-state index contributed by atoms with van der Waals surface area (Å²) in [5, 5.41) is 19.5. The third-order valence-electron chi connectivity index (χ3n) is 2.14. The predicted molar refractivity (Wildman–Crippen MR) is 47.5 cm³/mol. The van der Waals surface area contributed by atoms with Crippen molar-refractivity contribution in [3.8, 4) is 0 Å². The largest absolute Gasteiger partial charge is 0.402 e. The number of hydrogen-bond acceptors (Lipinski definition) is 4. The second kappa shape index (κ2) is 3.57. The van der Waals surface area contributed by atoms with Crippen molar-refractivity contribution in [1.82, 2.24) is 0 Å². The minimum atomic E-state index is -1.20. The van der Waals surface area contributed by atoms with E-state index in [2.05, 4.69) is 0 Å². The molecule has 0 aromatic carbocycles. The zero-order chi connectivity index (χ0) is 9.90. The number of allylic oxidation sites excluding steroid dienone is 2. The van der Waals surface area contributed by atoms with E-state index in [9.17, 15) is 10.1 Å². The Morgan fingerprint density at radius 2 is 2.46 bits per heavy atom. The fourth-order valence-electron chi connectivity index (χ4n) is 1.40. The summed E-state index contributed by atoms with van der Waals surface area (Å²) in [6, 6.07) is 0. The van der Waals surface area contributed by atoms with Crippen LogP contribution >= 0.6 is 0 Å². The summed E-state index contributed by atoms with van der Waals surface area (Å²) < 4.78 is 0. The Bertz CT molecular complexity index is 273. The molecular formula is C8H12N2O3. The van der Waals surface area contributed by atoms with Gasteiger partial charge in [0.2, 0.25) is 5.54 Å². The molecule has 0 fully saturated rings. The van der Waals surface area contributed by atoms with Gasteiger partial charge in [-0.3, -0.25) is 10.1 Å². The molecule has 1 rings (SSSR count). The number of rotatable bonds is 3. The summed E-state index contributed by atoms with van der Waals surface area (Å²) in [7, 11) is 0. The van der Waals surface area contributed by atoms with E-state index in [1.165, 1.54) is 6.08 Å². The highest BCUT2D eigenvalue weighted by Gasteiger charge is 2.40. The molecule has 0 aliphatic heterocycles. The van der Waals surface area contributed by atoms with Crippen molar-refractivity contribution in [2.75, 3.05) is 6.61 Å². The maximum atomic E-state index is 10.8. The van der Waals surface area contributed by atoms with Gasteiger partial charge in [0.1, 0.15) is 0 Å². The molecule has 1 aliphatic rings. The molecule has 3 N–H and O–H groups in total. The zero-order valence-electron chi connectivity index (χ0n) is 7.14. The first-order valence-electron chi connectivity index (χ1n) is 4.00. The molecule has 5 heteroatoms. The van der Waals surface area contributed by atoms with Crippen molar-refractivity contribution in [1.29, 1.82) is 0 Å². The van der Waals surface area contributed by atoms with Crippen LogP contribution in [0.2, 0.25) is 0 Å². The molecule has 1 aliphatic carbocycles. The summed E-state index contributed by atoms with van der Waals surface area (Å²) in [6.07, 6.45) is 4.97. The highest BCUT2D eigenvalue weighted by Crippen LogP contribution is 2.27. The Labute approximate surface area is 75.7 Å². The third-order valence-corrected chi connectivity index (χ3v) is 2.14. The van der Waals surface area contributed by atoms with Crippen LogP contribution in [0.5, 0.6) is 0 Å². The first-order chi connectivity index (χ1) is 6.10. The zero-order valence-corrected chi connectivity index (χ0v) is 7.14. The lowest BCUT2D eigenvalue weighted by Gasteiger charge is -2.23. The van der Waals surface area contributed by atoms with E-state index >= 15 is 0 Å². The van der Waals surface area contributed by atoms with E-state index in [1.807, 2.05) is 0 Å². The van der Waals surface area contributed by atoms with Gasteiger partial charge in [0.05, 0.1) is 13.0 Å². The van der Waals surface area contributed by atoms with Gasteiger partial charge in [0.25, 0.3) is 0 Å². The van der Waals surface area contributed by atoms with Crippen LogP contribution in [0, 0.1) is 10.1 Å². The third kappa shape index (κ3) is 1.86. The van der Waals surface area contributed by atoms with Crippen molar-refractivity contribution >= 4 is 0 Å². The van der Waals surface area contributed by atoms with Crippen LogP contribution in [0.3, 0.4) is 0 Å². The van der Waals surface area contributed by atoms with E-state index in [4.69, 9.17) is 10.8 Å². The average Bonchev–Trinajstić information content (AvgIpc) is 2.04. The van der Waals surface area contributed by atoms with Gasteiger partial charge in [-0.25, -0.2) is 0 Å². The quantitative estimate of drug-likeness (QED) is 0.484. The van der Waals surface area contributed by atoms with Crippen LogP contribution in [0.1, 0.15) is 12.8 Å². The molecule has 0 saturated heterocycles. The molecule has 0 saturated carbocycles. The Hall–Kier alpha value is -1.36. The molecule has 0 amide bonds. The summed E-state index contributed by atoms with van der Waals surface area (Å²) in [5.41, 5.74) is 4.78. The predicted octanol–water partition coefficient (Wildman–Crippen LogP) is 0.187. The molecule has 0 heterocycles. The summed E-state index contributed by atoms with van der Waals surface area (Å²) in [4.78, 5) is 10.4. The molecule has 1 unspecified atom stereocenters. The average molecular weight is 184 g/mol. The smallest absolute Gasteiger partial charge is 0.248 e. The molecule has 0 aromatic rings. The van der Waals surface area contributed by atoms with Gasteiger partial charge in [0, 0.05) is 17.0 Å². The Morgan fingerprint density at radius 3 is 2.92 bits per heavy atom. The maximum Gasteiger partial charge on any atom is 0.248 e. The van der Waals surface area contributed by atoms with Crippen molar-refractivity contribution in [2.24, 2.45) is 5.73 Å². The van der Waals surface area contributed by atoms with Crippen LogP contribution in [0.15, 0.2) is 23.9 Å². The van der Waals surface area contributed by atoms with Gasteiger partial charge >= 0.3 is 0 Å². The molecule has 0 aromatic heterocycles. The van der Waals surface area contributed by atoms with Crippen molar-refractivity contribution in [3.63, 3.8) is 0 Å². The first kappa shape index (κ1) is 9.73. The number of aliphatic hydroxyl groups is 1. The SMILES string of the molecule is NC1=CC=CC(CCO)([N+](=O)[O-])C1. The van der Waals surface area contributed by atoms with Crippen LogP contribution in [0.25, 0.3) is 0 Å². The standard InChI is InChI=1S/C8H12N2O3/c9-7-2-1-3-8(6-7,4-5-11)10(12)13/h1-3,11H,4-6,9H2. The van der Waals surface area contributed by atoms with E-state index in [-0.39, 0.29) is 24.4 Å². The number of nitrogens with two attached hydrogens (primary N) is 1. The Kier molecular flexibility index (Phi) is 2.67. The lowest BCUT2D eigenvalue weighted by atomic mass is 9.87. The second-order valence-corrected chi connectivity index (χ2v) is 3.11. The van der Waals surface area contributed by atoms with Gasteiger partial charge in [-0.1, -0.05) is 6.08 Å². The highest BCUT2D eigenvalue weighted by atomic mass is 16.6. The molecular weight excluding hydrogens is 172 g/mol. The Balaban J connectivity index is 2.88. The van der Waals surface area contributed by atoms with Gasteiger partial charge in [0.15, 0.2) is 0 Å².